The quantitative estimate of drug-likeness (QED) is 0.334. The number of rotatable bonds is 11. The first-order chi connectivity index (χ1) is 11.3. The summed E-state index contributed by atoms with van der Waals surface area (Å²) < 4.78 is 9.90. The number of ether oxygens (including phenoxy) is 2. The predicted octanol–water partition coefficient (Wildman–Crippen LogP) is 4.75. The summed E-state index contributed by atoms with van der Waals surface area (Å²) in [5, 5.41) is 2.96. The molecule has 0 unspecified atom stereocenters. The summed E-state index contributed by atoms with van der Waals surface area (Å²) in [6, 6.07) is 0.0590. The van der Waals surface area contributed by atoms with Crippen LogP contribution in [0.4, 0.5) is 4.79 Å². The molecule has 5 heteroatoms. The Morgan fingerprint density at radius 2 is 1.75 bits per heavy atom. The van der Waals surface area contributed by atoms with E-state index >= 15 is 0 Å². The van der Waals surface area contributed by atoms with E-state index in [-0.39, 0.29) is 18.1 Å². The smallest absolute Gasteiger partial charge is 0.407 e. The number of hydrogen-bond donors (Lipinski definition) is 1. The number of hydrogen-bond acceptors (Lipinski definition) is 4. The summed E-state index contributed by atoms with van der Waals surface area (Å²) in [5.41, 5.74) is -0.499. The Kier molecular flexibility index (Phi) is 12.0. The molecule has 0 heterocycles. The van der Waals surface area contributed by atoms with Gasteiger partial charge in [0.25, 0.3) is 0 Å². The van der Waals surface area contributed by atoms with Crippen LogP contribution in [0.15, 0.2) is 12.2 Å². The van der Waals surface area contributed by atoms with E-state index in [2.05, 4.69) is 17.0 Å². The summed E-state index contributed by atoms with van der Waals surface area (Å²) >= 11 is 0. The number of alkyl carbamates (subject to hydrolysis) is 1. The molecule has 1 atom stereocenters. The molecule has 0 aromatic carbocycles. The molecule has 140 valence electrons. The number of carbonyl (C=O) groups is 2. The lowest BCUT2D eigenvalue weighted by molar-refractivity contribution is -0.134. The molecule has 0 spiro atoms. The second-order valence-corrected chi connectivity index (χ2v) is 7.05. The maximum absolute atomic E-state index is 12.0. The number of allylic oxidation sites excluding steroid dienone is 1. The van der Waals surface area contributed by atoms with Crippen LogP contribution in [-0.4, -0.2) is 30.8 Å². The average Bonchev–Trinajstić information content (AvgIpc) is 2.48. The van der Waals surface area contributed by atoms with Crippen molar-refractivity contribution >= 4 is 12.1 Å². The van der Waals surface area contributed by atoms with Crippen molar-refractivity contribution in [2.45, 2.75) is 90.7 Å². The van der Waals surface area contributed by atoms with Gasteiger partial charge in [-0.2, -0.15) is 0 Å². The van der Waals surface area contributed by atoms with E-state index in [4.69, 9.17) is 4.74 Å². The zero-order valence-corrected chi connectivity index (χ0v) is 16.0. The molecule has 0 aliphatic carbocycles. The second-order valence-electron chi connectivity index (χ2n) is 7.05. The van der Waals surface area contributed by atoms with Crippen molar-refractivity contribution in [1.82, 2.24) is 5.32 Å². The van der Waals surface area contributed by atoms with E-state index in [0.29, 0.717) is 6.42 Å². The van der Waals surface area contributed by atoms with Gasteiger partial charge in [0.2, 0.25) is 0 Å². The lowest BCUT2D eigenvalue weighted by Crippen LogP contribution is -2.39. The highest BCUT2D eigenvalue weighted by molar-refractivity contribution is 5.81. The zero-order valence-electron chi connectivity index (χ0n) is 16.0. The van der Waals surface area contributed by atoms with E-state index in [1.165, 1.54) is 38.9 Å². The molecule has 1 N–H and O–H groups in total. The molecule has 1 amide bonds. The van der Waals surface area contributed by atoms with Crippen molar-refractivity contribution in [3.8, 4) is 0 Å². The topological polar surface area (TPSA) is 64.6 Å². The van der Waals surface area contributed by atoms with E-state index in [9.17, 15) is 9.59 Å². The fraction of sp³-hybridized carbons (Fsp3) is 0.789. The largest absolute Gasteiger partial charge is 0.466 e. The molecular weight excluding hydrogens is 306 g/mol. The third kappa shape index (κ3) is 14.1. The van der Waals surface area contributed by atoms with Crippen LogP contribution >= 0.6 is 0 Å². The highest BCUT2D eigenvalue weighted by Crippen LogP contribution is 2.13. The fourth-order valence-electron chi connectivity index (χ4n) is 2.30. The fourth-order valence-corrected chi connectivity index (χ4v) is 2.30. The Bertz CT molecular complexity index is 385. The maximum Gasteiger partial charge on any atom is 0.407 e. The molecule has 0 fully saturated rings. The van der Waals surface area contributed by atoms with Gasteiger partial charge in [-0.1, -0.05) is 45.1 Å². The summed E-state index contributed by atoms with van der Waals surface area (Å²) in [6.45, 7) is 7.75. The minimum absolute atomic E-state index is 0.0590. The third-order valence-electron chi connectivity index (χ3n) is 3.51. The van der Waals surface area contributed by atoms with Crippen LogP contribution < -0.4 is 5.32 Å². The first-order valence-electron chi connectivity index (χ1n) is 9.02. The van der Waals surface area contributed by atoms with Gasteiger partial charge in [-0.25, -0.2) is 9.59 Å². The van der Waals surface area contributed by atoms with Gasteiger partial charge < -0.3 is 14.8 Å². The van der Waals surface area contributed by atoms with Gasteiger partial charge in [-0.15, -0.1) is 0 Å². The summed E-state index contributed by atoms with van der Waals surface area (Å²) in [5.74, 6) is -0.355. The van der Waals surface area contributed by atoms with Crippen molar-refractivity contribution in [3.05, 3.63) is 12.2 Å². The van der Waals surface area contributed by atoms with Crippen LogP contribution in [0.1, 0.15) is 79.1 Å². The lowest BCUT2D eigenvalue weighted by atomic mass is 10.0. The number of nitrogens with one attached hydrogen (secondary N) is 1. The molecule has 0 rings (SSSR count). The zero-order chi connectivity index (χ0) is 18.4. The Hall–Kier alpha value is -1.52. The molecule has 0 aromatic heterocycles. The minimum atomic E-state index is -0.499. The number of amides is 1. The maximum atomic E-state index is 12.0. The monoisotopic (exact) mass is 341 g/mol. The summed E-state index contributed by atoms with van der Waals surface area (Å²) in [4.78, 5) is 23.0. The molecule has 0 aliphatic rings. The van der Waals surface area contributed by atoms with Crippen LogP contribution in [0.5, 0.6) is 0 Å². The molecule has 0 saturated carbocycles. The Morgan fingerprint density at radius 3 is 2.33 bits per heavy atom. The molecule has 0 aliphatic heterocycles. The van der Waals surface area contributed by atoms with Gasteiger partial charge in [-0.05, 0) is 40.0 Å². The van der Waals surface area contributed by atoms with Crippen LogP contribution in [0, 0.1) is 0 Å². The first-order valence-corrected chi connectivity index (χ1v) is 9.02. The van der Waals surface area contributed by atoms with Crippen LogP contribution in [0.25, 0.3) is 0 Å². The summed E-state index contributed by atoms with van der Waals surface area (Å²) in [6.07, 6.45) is 11.2. The van der Waals surface area contributed by atoms with E-state index < -0.39 is 5.60 Å². The SMILES string of the molecule is CCCCCCC[C@H](CC/C=C/C(=O)OC)NC(=O)OC(C)(C)C. The number of carbonyl (C=O) groups excluding carboxylic acids is 2. The van der Waals surface area contributed by atoms with Crippen molar-refractivity contribution < 1.29 is 19.1 Å². The van der Waals surface area contributed by atoms with E-state index in [1.807, 2.05) is 20.8 Å². The van der Waals surface area contributed by atoms with Gasteiger partial charge >= 0.3 is 12.1 Å². The molecule has 24 heavy (non-hydrogen) atoms. The van der Waals surface area contributed by atoms with Gasteiger partial charge in [-0.3, -0.25) is 0 Å². The minimum Gasteiger partial charge on any atom is -0.466 e. The van der Waals surface area contributed by atoms with Gasteiger partial charge in [0.05, 0.1) is 7.11 Å². The Morgan fingerprint density at radius 1 is 1.08 bits per heavy atom. The van der Waals surface area contributed by atoms with Crippen LogP contribution in [0.2, 0.25) is 0 Å². The standard InChI is InChI=1S/C19H35NO4/c1-6-7-8-9-10-13-16(14-11-12-15-17(21)23-5)20-18(22)24-19(2,3)4/h12,15-16H,6-11,13-14H2,1-5H3,(H,20,22)/b15-12+/t16-/m1/s1. The number of esters is 1. The Labute approximate surface area is 147 Å². The third-order valence-corrected chi connectivity index (χ3v) is 3.51. The predicted molar refractivity (Wildman–Crippen MR) is 96.9 cm³/mol. The molecular formula is C19H35NO4. The molecule has 5 nitrogen and oxygen atoms in total. The van der Waals surface area contributed by atoms with Crippen molar-refractivity contribution in [3.63, 3.8) is 0 Å². The van der Waals surface area contributed by atoms with Crippen LogP contribution in [0.3, 0.4) is 0 Å². The number of unbranched alkanes of at least 4 members (excludes halogenated alkanes) is 4. The average molecular weight is 341 g/mol. The molecule has 0 aromatic rings. The van der Waals surface area contributed by atoms with Crippen molar-refractivity contribution in [1.29, 1.82) is 0 Å². The van der Waals surface area contributed by atoms with E-state index in [0.717, 1.165) is 19.3 Å². The molecule has 0 bridgehead atoms. The number of methoxy groups -OCH3 is 1. The summed E-state index contributed by atoms with van der Waals surface area (Å²) in [7, 11) is 1.36. The highest BCUT2D eigenvalue weighted by atomic mass is 16.6. The van der Waals surface area contributed by atoms with Crippen LogP contribution in [-0.2, 0) is 14.3 Å². The lowest BCUT2D eigenvalue weighted by Gasteiger charge is -2.23. The molecule has 0 radical (unpaired) electrons. The highest BCUT2D eigenvalue weighted by Gasteiger charge is 2.19. The first kappa shape index (κ1) is 22.5. The van der Waals surface area contributed by atoms with Crippen molar-refractivity contribution in [2.24, 2.45) is 0 Å². The van der Waals surface area contributed by atoms with Gasteiger partial charge in [0, 0.05) is 12.1 Å². The molecule has 0 saturated heterocycles. The Balaban J connectivity index is 4.34. The normalized spacial score (nSPS) is 12.9. The van der Waals surface area contributed by atoms with E-state index in [1.54, 1.807) is 6.08 Å². The van der Waals surface area contributed by atoms with Gasteiger partial charge in [0.15, 0.2) is 0 Å². The van der Waals surface area contributed by atoms with Crippen molar-refractivity contribution in [2.75, 3.05) is 7.11 Å². The van der Waals surface area contributed by atoms with Gasteiger partial charge in [0.1, 0.15) is 5.60 Å². The second kappa shape index (κ2) is 12.8.